The van der Waals surface area contributed by atoms with E-state index >= 15 is 0 Å². The Morgan fingerprint density at radius 3 is 3.00 bits per heavy atom. The Bertz CT molecular complexity index is 478. The van der Waals surface area contributed by atoms with Crippen LogP contribution in [0, 0.1) is 17.2 Å². The summed E-state index contributed by atoms with van der Waals surface area (Å²) >= 11 is 0. The van der Waals surface area contributed by atoms with Crippen molar-refractivity contribution in [2.24, 2.45) is 5.92 Å². The van der Waals surface area contributed by atoms with E-state index in [1.54, 1.807) is 7.05 Å². The molecule has 2 rings (SSSR count). The molecular weight excluding hydrogens is 226 g/mol. The smallest absolute Gasteiger partial charge is 0.224 e. The summed E-state index contributed by atoms with van der Waals surface area (Å²) in [7, 11) is 1.67. The summed E-state index contributed by atoms with van der Waals surface area (Å²) in [6, 6.07) is 9.77. The van der Waals surface area contributed by atoms with Crippen LogP contribution in [0.3, 0.4) is 0 Å². The van der Waals surface area contributed by atoms with Crippen LogP contribution in [-0.4, -0.2) is 26.0 Å². The molecule has 1 aliphatic heterocycles. The van der Waals surface area contributed by atoms with Crippen LogP contribution in [0.4, 0.5) is 5.69 Å². The fraction of sp³-hybridized carbons (Fsp3) is 0.429. The number of nitrogens with one attached hydrogen (secondary N) is 1. The van der Waals surface area contributed by atoms with Crippen molar-refractivity contribution in [2.45, 2.75) is 12.8 Å². The van der Waals surface area contributed by atoms with E-state index in [4.69, 9.17) is 5.26 Å². The Labute approximate surface area is 107 Å². The number of piperidine rings is 1. The SMILES string of the molecule is CNC(=O)C1CCCN(c2ccccc2C#N)C1. The molecule has 1 aromatic carbocycles. The van der Waals surface area contributed by atoms with E-state index in [0.29, 0.717) is 12.1 Å². The average Bonchev–Trinajstić information content (AvgIpc) is 2.46. The van der Waals surface area contributed by atoms with Crippen molar-refractivity contribution >= 4 is 11.6 Å². The predicted octanol–water partition coefficient (Wildman–Crippen LogP) is 1.52. The lowest BCUT2D eigenvalue weighted by molar-refractivity contribution is -0.124. The third kappa shape index (κ3) is 2.45. The molecule has 1 amide bonds. The Morgan fingerprint density at radius 1 is 1.50 bits per heavy atom. The first-order chi connectivity index (χ1) is 8.76. The average molecular weight is 243 g/mol. The number of carbonyl (C=O) groups excluding carboxylic acids is 1. The predicted molar refractivity (Wildman–Crippen MR) is 70.2 cm³/mol. The minimum Gasteiger partial charge on any atom is -0.370 e. The standard InChI is InChI=1S/C14H17N3O/c1-16-14(18)12-6-4-8-17(10-12)13-7-3-2-5-11(13)9-15/h2-3,5,7,12H,4,6,8,10H2,1H3,(H,16,18). The molecule has 94 valence electrons. The van der Waals surface area contributed by atoms with E-state index in [1.165, 1.54) is 0 Å². The van der Waals surface area contributed by atoms with Gasteiger partial charge in [-0.2, -0.15) is 5.26 Å². The van der Waals surface area contributed by atoms with Crippen molar-refractivity contribution in [3.8, 4) is 6.07 Å². The monoisotopic (exact) mass is 243 g/mol. The van der Waals surface area contributed by atoms with E-state index in [-0.39, 0.29) is 11.8 Å². The van der Waals surface area contributed by atoms with Gasteiger partial charge >= 0.3 is 0 Å². The van der Waals surface area contributed by atoms with Crippen LogP contribution in [0.2, 0.25) is 0 Å². The first kappa shape index (κ1) is 12.4. The number of nitrogens with zero attached hydrogens (tertiary/aromatic N) is 2. The highest BCUT2D eigenvalue weighted by Gasteiger charge is 2.26. The van der Waals surface area contributed by atoms with Crippen molar-refractivity contribution in [2.75, 3.05) is 25.0 Å². The van der Waals surface area contributed by atoms with Gasteiger partial charge in [-0.3, -0.25) is 4.79 Å². The Hall–Kier alpha value is -2.02. The highest BCUT2D eigenvalue weighted by atomic mass is 16.1. The van der Waals surface area contributed by atoms with E-state index < -0.39 is 0 Å². The molecule has 0 saturated carbocycles. The van der Waals surface area contributed by atoms with Crippen LogP contribution in [0.25, 0.3) is 0 Å². The fourth-order valence-corrected chi connectivity index (χ4v) is 2.46. The second-order valence-corrected chi connectivity index (χ2v) is 4.53. The van der Waals surface area contributed by atoms with Gasteiger partial charge in [-0.05, 0) is 25.0 Å². The van der Waals surface area contributed by atoms with Gasteiger partial charge in [0.1, 0.15) is 6.07 Å². The lowest BCUT2D eigenvalue weighted by atomic mass is 9.96. The molecule has 1 atom stereocenters. The molecule has 4 nitrogen and oxygen atoms in total. The van der Waals surface area contributed by atoms with Crippen molar-refractivity contribution in [3.63, 3.8) is 0 Å². The summed E-state index contributed by atoms with van der Waals surface area (Å²) in [5.41, 5.74) is 1.61. The Morgan fingerprint density at radius 2 is 2.28 bits per heavy atom. The zero-order valence-electron chi connectivity index (χ0n) is 10.5. The summed E-state index contributed by atoms with van der Waals surface area (Å²) in [6.07, 6.45) is 1.91. The van der Waals surface area contributed by atoms with E-state index in [9.17, 15) is 4.79 Å². The molecular formula is C14H17N3O. The molecule has 0 spiro atoms. The minimum atomic E-state index is 0.0236. The third-order valence-corrected chi connectivity index (χ3v) is 3.40. The van der Waals surface area contributed by atoms with Gasteiger partial charge in [0.25, 0.3) is 0 Å². The molecule has 0 radical (unpaired) electrons. The Balaban J connectivity index is 2.18. The fourth-order valence-electron chi connectivity index (χ4n) is 2.46. The molecule has 4 heteroatoms. The number of carbonyl (C=O) groups is 1. The number of rotatable bonds is 2. The number of amides is 1. The number of para-hydroxylation sites is 1. The normalized spacial score (nSPS) is 19.1. The van der Waals surface area contributed by atoms with Crippen molar-refractivity contribution in [1.82, 2.24) is 5.32 Å². The van der Waals surface area contributed by atoms with Crippen LogP contribution in [0.15, 0.2) is 24.3 Å². The van der Waals surface area contributed by atoms with E-state index in [2.05, 4.69) is 16.3 Å². The van der Waals surface area contributed by atoms with Crippen LogP contribution in [-0.2, 0) is 4.79 Å². The van der Waals surface area contributed by atoms with Crippen LogP contribution in [0.5, 0.6) is 0 Å². The molecule has 1 N–H and O–H groups in total. The van der Waals surface area contributed by atoms with Gasteiger partial charge in [-0.15, -0.1) is 0 Å². The second-order valence-electron chi connectivity index (χ2n) is 4.53. The number of benzene rings is 1. The zero-order chi connectivity index (χ0) is 13.0. The second kappa shape index (κ2) is 5.54. The molecule has 0 aromatic heterocycles. The third-order valence-electron chi connectivity index (χ3n) is 3.40. The quantitative estimate of drug-likeness (QED) is 0.856. The van der Waals surface area contributed by atoms with Gasteiger partial charge in [0.05, 0.1) is 17.2 Å². The molecule has 0 aliphatic carbocycles. The van der Waals surface area contributed by atoms with Crippen LogP contribution < -0.4 is 10.2 Å². The topological polar surface area (TPSA) is 56.1 Å². The van der Waals surface area contributed by atoms with Crippen LogP contribution >= 0.6 is 0 Å². The maximum absolute atomic E-state index is 11.7. The molecule has 1 saturated heterocycles. The maximum atomic E-state index is 11.7. The molecule has 1 heterocycles. The van der Waals surface area contributed by atoms with E-state index in [1.807, 2.05) is 24.3 Å². The molecule has 1 fully saturated rings. The lowest BCUT2D eigenvalue weighted by Crippen LogP contribution is -2.42. The highest BCUT2D eigenvalue weighted by molar-refractivity contribution is 5.79. The molecule has 18 heavy (non-hydrogen) atoms. The molecule has 1 aromatic rings. The summed E-state index contributed by atoms with van der Waals surface area (Å²) in [4.78, 5) is 13.8. The van der Waals surface area contributed by atoms with Crippen LogP contribution in [0.1, 0.15) is 18.4 Å². The summed E-state index contributed by atoms with van der Waals surface area (Å²) < 4.78 is 0. The maximum Gasteiger partial charge on any atom is 0.224 e. The Kier molecular flexibility index (Phi) is 3.83. The molecule has 0 bridgehead atoms. The summed E-state index contributed by atoms with van der Waals surface area (Å²) in [6.45, 7) is 1.60. The first-order valence-corrected chi connectivity index (χ1v) is 6.22. The number of nitriles is 1. The molecule has 1 aliphatic rings. The van der Waals surface area contributed by atoms with Crippen molar-refractivity contribution in [1.29, 1.82) is 5.26 Å². The van der Waals surface area contributed by atoms with E-state index in [0.717, 1.165) is 25.1 Å². The van der Waals surface area contributed by atoms with Gasteiger partial charge in [0.15, 0.2) is 0 Å². The van der Waals surface area contributed by atoms with Gasteiger partial charge in [-0.25, -0.2) is 0 Å². The van der Waals surface area contributed by atoms with Gasteiger partial charge in [0, 0.05) is 20.1 Å². The lowest BCUT2D eigenvalue weighted by Gasteiger charge is -2.34. The largest absolute Gasteiger partial charge is 0.370 e. The van der Waals surface area contributed by atoms with Gasteiger partial charge in [-0.1, -0.05) is 12.1 Å². The summed E-state index contributed by atoms with van der Waals surface area (Å²) in [5, 5.41) is 11.8. The molecule has 1 unspecified atom stereocenters. The van der Waals surface area contributed by atoms with Crippen molar-refractivity contribution < 1.29 is 4.79 Å². The summed E-state index contributed by atoms with van der Waals surface area (Å²) in [5.74, 6) is 0.115. The number of anilines is 1. The number of hydrogen-bond acceptors (Lipinski definition) is 3. The number of hydrogen-bond donors (Lipinski definition) is 1. The zero-order valence-corrected chi connectivity index (χ0v) is 10.5. The van der Waals surface area contributed by atoms with Gasteiger partial charge in [0.2, 0.25) is 5.91 Å². The first-order valence-electron chi connectivity index (χ1n) is 6.22. The van der Waals surface area contributed by atoms with Gasteiger partial charge < -0.3 is 10.2 Å². The van der Waals surface area contributed by atoms with Crippen molar-refractivity contribution in [3.05, 3.63) is 29.8 Å². The highest BCUT2D eigenvalue weighted by Crippen LogP contribution is 2.25. The minimum absolute atomic E-state index is 0.0236.